The molecule has 1 aliphatic heterocycles. The number of benzene rings is 1. The normalized spacial score (nSPS) is 18.6. The number of amides is 1. The standard InChI is InChI=1S/C13H14FNO4/c1-18-9-3-4-11(10(14)6-9)15-7-8(5-12(15)16)13(17)19-2/h3-4,6,8H,5,7H2,1-2H3. The monoisotopic (exact) mass is 267 g/mol. The minimum atomic E-state index is -0.557. The molecule has 1 saturated heterocycles. The van der Waals surface area contributed by atoms with Crippen molar-refractivity contribution in [3.05, 3.63) is 24.0 Å². The first-order valence-electron chi connectivity index (χ1n) is 5.78. The summed E-state index contributed by atoms with van der Waals surface area (Å²) in [6.45, 7) is 0.134. The molecule has 1 aliphatic rings. The quantitative estimate of drug-likeness (QED) is 0.776. The van der Waals surface area contributed by atoms with E-state index in [1.54, 1.807) is 6.07 Å². The van der Waals surface area contributed by atoms with Crippen LogP contribution in [-0.2, 0) is 14.3 Å². The molecule has 1 unspecified atom stereocenters. The van der Waals surface area contributed by atoms with Crippen LogP contribution in [0.2, 0.25) is 0 Å². The highest BCUT2D eigenvalue weighted by atomic mass is 19.1. The van der Waals surface area contributed by atoms with Gasteiger partial charge < -0.3 is 14.4 Å². The lowest BCUT2D eigenvalue weighted by Gasteiger charge is -2.17. The summed E-state index contributed by atoms with van der Waals surface area (Å²) in [6.07, 6.45) is 0.0398. The summed E-state index contributed by atoms with van der Waals surface area (Å²) in [4.78, 5) is 24.5. The van der Waals surface area contributed by atoms with Gasteiger partial charge in [0, 0.05) is 19.0 Å². The van der Waals surface area contributed by atoms with Gasteiger partial charge in [0.05, 0.1) is 25.8 Å². The van der Waals surface area contributed by atoms with Crippen LogP contribution in [0, 0.1) is 11.7 Å². The van der Waals surface area contributed by atoms with Crippen molar-refractivity contribution in [2.45, 2.75) is 6.42 Å². The molecule has 1 aromatic rings. The van der Waals surface area contributed by atoms with Crippen LogP contribution in [0.15, 0.2) is 18.2 Å². The van der Waals surface area contributed by atoms with Crippen LogP contribution in [-0.4, -0.2) is 32.6 Å². The Morgan fingerprint density at radius 1 is 1.42 bits per heavy atom. The summed E-state index contributed by atoms with van der Waals surface area (Å²) >= 11 is 0. The maximum Gasteiger partial charge on any atom is 0.311 e. The van der Waals surface area contributed by atoms with Crippen LogP contribution in [0.5, 0.6) is 5.75 Å². The smallest absolute Gasteiger partial charge is 0.311 e. The lowest BCUT2D eigenvalue weighted by Crippen LogP contribution is -2.27. The molecule has 19 heavy (non-hydrogen) atoms. The van der Waals surface area contributed by atoms with Gasteiger partial charge >= 0.3 is 5.97 Å². The number of nitrogens with zero attached hydrogens (tertiary/aromatic N) is 1. The molecule has 1 amide bonds. The first-order valence-corrected chi connectivity index (χ1v) is 5.78. The number of methoxy groups -OCH3 is 2. The fourth-order valence-corrected chi connectivity index (χ4v) is 2.10. The van der Waals surface area contributed by atoms with Crippen LogP contribution >= 0.6 is 0 Å². The lowest BCUT2D eigenvalue weighted by molar-refractivity contribution is -0.145. The van der Waals surface area contributed by atoms with Crippen molar-refractivity contribution in [1.82, 2.24) is 0 Å². The summed E-state index contributed by atoms with van der Waals surface area (Å²) in [6, 6.07) is 4.23. The van der Waals surface area contributed by atoms with Crippen molar-refractivity contribution in [3.63, 3.8) is 0 Å². The molecule has 0 aromatic heterocycles. The molecule has 0 aliphatic carbocycles. The van der Waals surface area contributed by atoms with Crippen molar-refractivity contribution in [2.75, 3.05) is 25.7 Å². The largest absolute Gasteiger partial charge is 0.497 e. The lowest BCUT2D eigenvalue weighted by atomic mass is 10.1. The van der Waals surface area contributed by atoms with Crippen molar-refractivity contribution in [1.29, 1.82) is 0 Å². The Balaban J connectivity index is 2.23. The molecule has 1 heterocycles. The topological polar surface area (TPSA) is 55.8 Å². The number of halogens is 1. The zero-order valence-electron chi connectivity index (χ0n) is 10.7. The van der Waals surface area contributed by atoms with E-state index in [1.165, 1.54) is 31.3 Å². The fourth-order valence-electron chi connectivity index (χ4n) is 2.10. The highest BCUT2D eigenvalue weighted by Gasteiger charge is 2.36. The molecular weight excluding hydrogens is 253 g/mol. The SMILES string of the molecule is COC(=O)C1CC(=O)N(c2ccc(OC)cc2F)C1. The van der Waals surface area contributed by atoms with E-state index in [2.05, 4.69) is 4.74 Å². The summed E-state index contributed by atoms with van der Waals surface area (Å²) in [5.74, 6) is -1.47. The second-order valence-corrected chi connectivity index (χ2v) is 4.25. The van der Waals surface area contributed by atoms with Gasteiger partial charge in [-0.1, -0.05) is 0 Å². The first kappa shape index (κ1) is 13.3. The van der Waals surface area contributed by atoms with Gasteiger partial charge in [0.15, 0.2) is 5.82 Å². The van der Waals surface area contributed by atoms with Crippen molar-refractivity contribution in [3.8, 4) is 5.75 Å². The summed E-state index contributed by atoms with van der Waals surface area (Å²) in [5.41, 5.74) is 0.150. The number of rotatable bonds is 3. The number of hydrogen-bond donors (Lipinski definition) is 0. The number of hydrogen-bond acceptors (Lipinski definition) is 4. The van der Waals surface area contributed by atoms with E-state index in [-0.39, 0.29) is 24.6 Å². The molecular formula is C13H14FNO4. The minimum absolute atomic E-state index is 0.0398. The molecule has 0 spiro atoms. The molecule has 5 nitrogen and oxygen atoms in total. The zero-order valence-corrected chi connectivity index (χ0v) is 10.7. The van der Waals surface area contributed by atoms with Crippen LogP contribution < -0.4 is 9.64 Å². The maximum absolute atomic E-state index is 13.9. The van der Waals surface area contributed by atoms with E-state index in [4.69, 9.17) is 4.74 Å². The Labute approximate surface area is 109 Å². The molecule has 0 saturated carbocycles. The van der Waals surface area contributed by atoms with Gasteiger partial charge in [-0.3, -0.25) is 9.59 Å². The summed E-state index contributed by atoms with van der Waals surface area (Å²) in [7, 11) is 2.70. The fraction of sp³-hybridized carbons (Fsp3) is 0.385. The zero-order chi connectivity index (χ0) is 14.0. The molecule has 1 fully saturated rings. The number of carbonyl (C=O) groups is 2. The number of anilines is 1. The van der Waals surface area contributed by atoms with E-state index in [9.17, 15) is 14.0 Å². The van der Waals surface area contributed by atoms with Gasteiger partial charge in [0.1, 0.15) is 5.75 Å². The number of ether oxygens (including phenoxy) is 2. The van der Waals surface area contributed by atoms with Gasteiger partial charge in [0.2, 0.25) is 5.91 Å². The van der Waals surface area contributed by atoms with Gasteiger partial charge in [0.25, 0.3) is 0 Å². The third-order valence-corrected chi connectivity index (χ3v) is 3.11. The molecule has 6 heteroatoms. The Hall–Kier alpha value is -2.11. The molecule has 0 N–H and O–H groups in total. The summed E-state index contributed by atoms with van der Waals surface area (Å²) < 4.78 is 23.4. The average Bonchev–Trinajstić information content (AvgIpc) is 2.79. The van der Waals surface area contributed by atoms with Gasteiger partial charge in [-0.2, -0.15) is 0 Å². The molecule has 102 valence electrons. The number of carbonyl (C=O) groups excluding carboxylic acids is 2. The van der Waals surface area contributed by atoms with E-state index >= 15 is 0 Å². The first-order chi connectivity index (χ1) is 9.06. The predicted molar refractivity (Wildman–Crippen MR) is 65.4 cm³/mol. The van der Waals surface area contributed by atoms with Crippen LogP contribution in [0.4, 0.5) is 10.1 Å². The van der Waals surface area contributed by atoms with Crippen LogP contribution in [0.25, 0.3) is 0 Å². The molecule has 2 rings (SSSR count). The van der Waals surface area contributed by atoms with Gasteiger partial charge in [-0.15, -0.1) is 0 Å². The minimum Gasteiger partial charge on any atom is -0.497 e. The Bertz CT molecular complexity index is 517. The van der Waals surface area contributed by atoms with E-state index in [0.29, 0.717) is 5.75 Å². The third-order valence-electron chi connectivity index (χ3n) is 3.11. The van der Waals surface area contributed by atoms with Crippen molar-refractivity contribution >= 4 is 17.6 Å². The highest BCUT2D eigenvalue weighted by molar-refractivity contribution is 5.99. The Morgan fingerprint density at radius 2 is 2.16 bits per heavy atom. The van der Waals surface area contributed by atoms with E-state index in [1.807, 2.05) is 0 Å². The average molecular weight is 267 g/mol. The van der Waals surface area contributed by atoms with Crippen LogP contribution in [0.1, 0.15) is 6.42 Å². The van der Waals surface area contributed by atoms with Gasteiger partial charge in [-0.05, 0) is 12.1 Å². The Morgan fingerprint density at radius 3 is 2.74 bits per heavy atom. The Kier molecular flexibility index (Phi) is 3.69. The van der Waals surface area contributed by atoms with Gasteiger partial charge in [-0.25, -0.2) is 4.39 Å². The summed E-state index contributed by atoms with van der Waals surface area (Å²) in [5, 5.41) is 0. The van der Waals surface area contributed by atoms with Crippen molar-refractivity contribution in [2.24, 2.45) is 5.92 Å². The highest BCUT2D eigenvalue weighted by Crippen LogP contribution is 2.30. The predicted octanol–water partition coefficient (Wildman–Crippen LogP) is 1.36. The van der Waals surface area contributed by atoms with Crippen LogP contribution in [0.3, 0.4) is 0 Å². The molecule has 1 atom stereocenters. The molecule has 0 radical (unpaired) electrons. The third kappa shape index (κ3) is 2.52. The second kappa shape index (κ2) is 5.26. The van der Waals surface area contributed by atoms with E-state index in [0.717, 1.165) is 0 Å². The van der Waals surface area contributed by atoms with E-state index < -0.39 is 17.7 Å². The number of esters is 1. The molecule has 0 bridgehead atoms. The molecule has 1 aromatic carbocycles. The second-order valence-electron chi connectivity index (χ2n) is 4.25. The van der Waals surface area contributed by atoms with Crippen molar-refractivity contribution < 1.29 is 23.5 Å². The maximum atomic E-state index is 13.9.